The lowest BCUT2D eigenvalue weighted by atomic mass is 10.0. The first-order chi connectivity index (χ1) is 5.40. The average molecular weight is 189 g/mol. The molecular formula is C8H15NS2. The van der Waals surface area contributed by atoms with E-state index in [4.69, 9.17) is 0 Å². The minimum Gasteiger partial charge on any atom is -0.310 e. The molecule has 1 saturated heterocycles. The zero-order valence-corrected chi connectivity index (χ0v) is 8.33. The van der Waals surface area contributed by atoms with E-state index in [0.29, 0.717) is 0 Å². The van der Waals surface area contributed by atoms with Gasteiger partial charge >= 0.3 is 0 Å². The Morgan fingerprint density at radius 3 is 3.09 bits per heavy atom. The summed E-state index contributed by atoms with van der Waals surface area (Å²) in [6.07, 6.45) is 5.73. The fourth-order valence-corrected chi connectivity index (χ4v) is 3.43. The Labute approximate surface area is 77.5 Å². The zero-order valence-electron chi connectivity index (χ0n) is 6.62. The molecule has 1 nitrogen and oxygen atoms in total. The van der Waals surface area contributed by atoms with Gasteiger partial charge in [-0.1, -0.05) is 17.2 Å². The van der Waals surface area contributed by atoms with Crippen LogP contribution in [0.3, 0.4) is 0 Å². The van der Waals surface area contributed by atoms with E-state index in [-0.39, 0.29) is 0 Å². The topological polar surface area (TPSA) is 12.0 Å². The van der Waals surface area contributed by atoms with Crippen LogP contribution in [-0.2, 0) is 0 Å². The fraction of sp³-hybridized carbons (Fsp3) is 1.00. The summed E-state index contributed by atoms with van der Waals surface area (Å²) >= 11 is 4.18. The summed E-state index contributed by atoms with van der Waals surface area (Å²) in [6, 6.07) is 1.62. The van der Waals surface area contributed by atoms with Gasteiger partial charge in [0.05, 0.1) is 0 Å². The molecule has 11 heavy (non-hydrogen) atoms. The number of fused-ring (bicyclic) bond motifs is 1. The normalized spacial score (nSPS) is 42.8. The van der Waals surface area contributed by atoms with E-state index in [1.165, 1.54) is 31.4 Å². The predicted molar refractivity (Wildman–Crippen MR) is 54.1 cm³/mol. The van der Waals surface area contributed by atoms with Gasteiger partial charge in [0.15, 0.2) is 0 Å². The van der Waals surface area contributed by atoms with Crippen molar-refractivity contribution < 1.29 is 0 Å². The van der Waals surface area contributed by atoms with Crippen molar-refractivity contribution in [3.63, 3.8) is 0 Å². The van der Waals surface area contributed by atoms with E-state index in [0.717, 1.165) is 18.0 Å². The third kappa shape index (κ3) is 1.70. The molecule has 0 aromatic rings. The first-order valence-electron chi connectivity index (χ1n) is 4.42. The standard InChI is InChI=1S/C8H15NS2/c10-11-5-7-4-6-2-1-3-8(6)9-7/h6-10H,1-5H2. The van der Waals surface area contributed by atoms with Crippen LogP contribution in [0.15, 0.2) is 0 Å². The molecule has 2 rings (SSSR count). The molecule has 1 aliphatic carbocycles. The van der Waals surface area contributed by atoms with Crippen molar-refractivity contribution in [1.29, 1.82) is 0 Å². The predicted octanol–water partition coefficient (Wildman–Crippen LogP) is 2.09. The van der Waals surface area contributed by atoms with Crippen LogP contribution in [0.2, 0.25) is 0 Å². The van der Waals surface area contributed by atoms with Crippen molar-refractivity contribution >= 4 is 22.5 Å². The summed E-state index contributed by atoms with van der Waals surface area (Å²) in [5, 5.41) is 3.68. The number of rotatable bonds is 2. The lowest BCUT2D eigenvalue weighted by Crippen LogP contribution is -2.30. The third-order valence-corrected chi connectivity index (χ3v) is 3.97. The van der Waals surface area contributed by atoms with Crippen LogP contribution in [0.25, 0.3) is 0 Å². The van der Waals surface area contributed by atoms with Crippen molar-refractivity contribution in [1.82, 2.24) is 5.32 Å². The molecule has 0 aromatic heterocycles. The average Bonchev–Trinajstić information content (AvgIpc) is 2.46. The summed E-state index contributed by atoms with van der Waals surface area (Å²) in [5.41, 5.74) is 0. The summed E-state index contributed by atoms with van der Waals surface area (Å²) < 4.78 is 0. The Kier molecular flexibility index (Phi) is 2.69. The monoisotopic (exact) mass is 189 g/mol. The van der Waals surface area contributed by atoms with E-state index in [2.05, 4.69) is 17.0 Å². The summed E-state index contributed by atoms with van der Waals surface area (Å²) in [7, 11) is 1.67. The van der Waals surface area contributed by atoms with E-state index in [1.54, 1.807) is 10.8 Å². The summed E-state index contributed by atoms with van der Waals surface area (Å²) in [5.74, 6) is 2.18. The zero-order chi connectivity index (χ0) is 7.68. The van der Waals surface area contributed by atoms with Crippen molar-refractivity contribution in [2.45, 2.75) is 37.8 Å². The second-order valence-corrected chi connectivity index (χ2v) is 5.06. The molecule has 3 atom stereocenters. The Morgan fingerprint density at radius 2 is 2.36 bits per heavy atom. The maximum Gasteiger partial charge on any atom is 0.0189 e. The molecular weight excluding hydrogens is 174 g/mol. The molecule has 0 bridgehead atoms. The molecule has 1 N–H and O–H groups in total. The van der Waals surface area contributed by atoms with Gasteiger partial charge in [0.1, 0.15) is 0 Å². The van der Waals surface area contributed by atoms with Gasteiger partial charge in [-0.2, -0.15) is 0 Å². The van der Waals surface area contributed by atoms with Gasteiger partial charge in [0.2, 0.25) is 0 Å². The van der Waals surface area contributed by atoms with E-state index in [1.807, 2.05) is 0 Å². The second kappa shape index (κ2) is 3.58. The van der Waals surface area contributed by atoms with Crippen molar-refractivity contribution in [2.24, 2.45) is 5.92 Å². The van der Waals surface area contributed by atoms with Gasteiger partial charge in [-0.3, -0.25) is 0 Å². The van der Waals surface area contributed by atoms with Crippen molar-refractivity contribution in [3.05, 3.63) is 0 Å². The first-order valence-corrected chi connectivity index (χ1v) is 6.46. The van der Waals surface area contributed by atoms with Crippen molar-refractivity contribution in [2.75, 3.05) is 5.75 Å². The molecule has 0 amide bonds. The Balaban J connectivity index is 1.84. The summed E-state index contributed by atoms with van der Waals surface area (Å²) in [6.45, 7) is 0. The van der Waals surface area contributed by atoms with Gasteiger partial charge in [-0.25, -0.2) is 0 Å². The van der Waals surface area contributed by atoms with E-state index < -0.39 is 0 Å². The lowest BCUT2D eigenvalue weighted by molar-refractivity contribution is 0.518. The van der Waals surface area contributed by atoms with Crippen LogP contribution in [0.5, 0.6) is 0 Å². The van der Waals surface area contributed by atoms with Crippen LogP contribution in [0, 0.1) is 5.92 Å². The van der Waals surface area contributed by atoms with Crippen LogP contribution >= 0.6 is 22.5 Å². The maximum atomic E-state index is 4.18. The third-order valence-electron chi connectivity index (χ3n) is 2.97. The van der Waals surface area contributed by atoms with Crippen LogP contribution < -0.4 is 5.32 Å². The SMILES string of the molecule is SSCC1CC2CCCC2N1. The smallest absolute Gasteiger partial charge is 0.0189 e. The van der Waals surface area contributed by atoms with E-state index >= 15 is 0 Å². The molecule has 0 spiro atoms. The van der Waals surface area contributed by atoms with Gasteiger partial charge in [-0.15, -0.1) is 11.7 Å². The number of hydrogen-bond donors (Lipinski definition) is 2. The highest BCUT2D eigenvalue weighted by Crippen LogP contribution is 2.35. The molecule has 2 aliphatic rings. The fourth-order valence-electron chi connectivity index (χ4n) is 2.48. The Bertz CT molecular complexity index is 128. The highest BCUT2D eigenvalue weighted by molar-refractivity contribution is 8.68. The number of hydrogen-bond acceptors (Lipinski definition) is 3. The highest BCUT2D eigenvalue weighted by Gasteiger charge is 2.36. The second-order valence-electron chi connectivity index (χ2n) is 3.69. The molecule has 2 fully saturated rings. The van der Waals surface area contributed by atoms with Crippen LogP contribution in [-0.4, -0.2) is 17.8 Å². The molecule has 3 unspecified atom stereocenters. The van der Waals surface area contributed by atoms with Crippen molar-refractivity contribution in [3.8, 4) is 0 Å². The lowest BCUT2D eigenvalue weighted by Gasteiger charge is -2.10. The molecule has 0 radical (unpaired) electrons. The van der Waals surface area contributed by atoms with Gasteiger partial charge in [0, 0.05) is 17.8 Å². The Morgan fingerprint density at radius 1 is 1.45 bits per heavy atom. The molecule has 64 valence electrons. The minimum absolute atomic E-state index is 0.757. The number of thiol groups is 1. The van der Waals surface area contributed by atoms with Crippen LogP contribution in [0.4, 0.5) is 0 Å². The maximum absolute atomic E-state index is 4.18. The van der Waals surface area contributed by atoms with Crippen LogP contribution in [0.1, 0.15) is 25.7 Å². The minimum atomic E-state index is 0.757. The highest BCUT2D eigenvalue weighted by atomic mass is 33.1. The van der Waals surface area contributed by atoms with Gasteiger partial charge in [-0.05, 0) is 25.2 Å². The quantitative estimate of drug-likeness (QED) is 0.510. The summed E-state index contributed by atoms with van der Waals surface area (Å²) in [4.78, 5) is 0. The van der Waals surface area contributed by atoms with E-state index in [9.17, 15) is 0 Å². The molecule has 0 aromatic carbocycles. The van der Waals surface area contributed by atoms with Gasteiger partial charge in [0.25, 0.3) is 0 Å². The molecule has 1 heterocycles. The first kappa shape index (κ1) is 8.27. The Hall–Kier alpha value is 0.660. The van der Waals surface area contributed by atoms with Gasteiger partial charge < -0.3 is 5.32 Å². The molecule has 3 heteroatoms. The number of nitrogens with one attached hydrogen (secondary N) is 1. The molecule has 1 aliphatic heterocycles. The molecule has 1 saturated carbocycles. The largest absolute Gasteiger partial charge is 0.310 e.